The molecule has 0 aromatic carbocycles. The Morgan fingerprint density at radius 1 is 1.11 bits per heavy atom. The van der Waals surface area contributed by atoms with Crippen LogP contribution >= 0.6 is 11.3 Å². The van der Waals surface area contributed by atoms with Crippen LogP contribution in [0, 0.1) is 6.92 Å². The first-order valence-corrected chi connectivity index (χ1v) is 12.4. The summed E-state index contributed by atoms with van der Waals surface area (Å²) >= 11 is 1.73. The highest BCUT2D eigenvalue weighted by atomic mass is 32.1. The van der Waals surface area contributed by atoms with Crippen molar-refractivity contribution < 1.29 is 4.79 Å². The Balaban J connectivity index is 1.38. The highest BCUT2D eigenvalue weighted by molar-refractivity contribution is 7.15. The number of anilines is 1. The average molecular weight is 510 g/mol. The van der Waals surface area contributed by atoms with E-state index in [1.165, 1.54) is 4.88 Å². The van der Waals surface area contributed by atoms with Gasteiger partial charge < -0.3 is 15.2 Å². The number of hydrogen-bond donors (Lipinski definition) is 3. The Labute approximate surface area is 215 Å². The van der Waals surface area contributed by atoms with Gasteiger partial charge in [-0.2, -0.15) is 5.10 Å². The van der Waals surface area contributed by atoms with Crippen LogP contribution in [0.15, 0.2) is 55.1 Å². The summed E-state index contributed by atoms with van der Waals surface area (Å²) in [6, 6.07) is 10.0. The molecule has 37 heavy (non-hydrogen) atoms. The number of fused-ring (bicyclic) bond motifs is 2. The van der Waals surface area contributed by atoms with E-state index >= 15 is 0 Å². The van der Waals surface area contributed by atoms with Crippen LogP contribution in [0.2, 0.25) is 0 Å². The minimum atomic E-state index is -0.111. The minimum Gasteiger partial charge on any atom is -0.335 e. The number of H-pyrrole nitrogens is 2. The topological polar surface area (TPSA) is 128 Å². The number of aromatic amines is 2. The molecule has 0 aliphatic carbocycles. The van der Waals surface area contributed by atoms with E-state index in [1.807, 2.05) is 32.3 Å². The molecule has 0 unspecified atom stereocenters. The summed E-state index contributed by atoms with van der Waals surface area (Å²) in [5, 5.41) is 11.3. The summed E-state index contributed by atoms with van der Waals surface area (Å²) in [5.74, 6) is 0.509. The molecule has 0 aliphatic heterocycles. The van der Waals surface area contributed by atoms with Crippen LogP contribution in [0.25, 0.3) is 55.3 Å². The fourth-order valence-corrected chi connectivity index (χ4v) is 5.10. The standard InChI is InChI=1S/C26H23N9OS/c1-14-4-5-21(37-14)17-6-7-28-25-23(17)31-26(32-25)24-18-9-19(29-12-20(18)33-34-24)15-8-16(11-27-10-15)30-22(36)13-35(2)3/h4-12H,13H2,1-3H3,(H,30,36)(H,33,34)(H,28,31,32). The smallest absolute Gasteiger partial charge is 0.238 e. The molecule has 10 nitrogen and oxygen atoms in total. The molecule has 0 saturated heterocycles. The number of amides is 1. The molecule has 0 radical (unpaired) electrons. The van der Waals surface area contributed by atoms with E-state index in [9.17, 15) is 4.79 Å². The fourth-order valence-electron chi connectivity index (χ4n) is 4.20. The van der Waals surface area contributed by atoms with Gasteiger partial charge in [0.1, 0.15) is 5.69 Å². The summed E-state index contributed by atoms with van der Waals surface area (Å²) in [4.78, 5) is 37.9. The Morgan fingerprint density at radius 2 is 2.00 bits per heavy atom. The highest BCUT2D eigenvalue weighted by Gasteiger charge is 2.17. The molecule has 0 atom stereocenters. The monoisotopic (exact) mass is 509 g/mol. The molecule has 1 amide bonds. The molecule has 0 fully saturated rings. The number of thiophene rings is 1. The largest absolute Gasteiger partial charge is 0.335 e. The molecule has 6 heterocycles. The minimum absolute atomic E-state index is 0.111. The van der Waals surface area contributed by atoms with Crippen LogP contribution in [0.3, 0.4) is 0 Å². The van der Waals surface area contributed by atoms with Crippen LogP contribution in [-0.4, -0.2) is 66.6 Å². The van der Waals surface area contributed by atoms with Crippen molar-refractivity contribution in [3.05, 3.63) is 60.0 Å². The van der Waals surface area contributed by atoms with Gasteiger partial charge in [-0.25, -0.2) is 9.97 Å². The molecule has 0 saturated carbocycles. The maximum atomic E-state index is 12.2. The van der Waals surface area contributed by atoms with Gasteiger partial charge in [-0.05, 0) is 51.4 Å². The number of aromatic nitrogens is 7. The van der Waals surface area contributed by atoms with Gasteiger partial charge >= 0.3 is 0 Å². The van der Waals surface area contributed by atoms with Gasteiger partial charge in [0.2, 0.25) is 5.91 Å². The zero-order chi connectivity index (χ0) is 25.5. The van der Waals surface area contributed by atoms with Crippen molar-refractivity contribution in [1.82, 2.24) is 40.0 Å². The Kier molecular flexibility index (Phi) is 5.70. The van der Waals surface area contributed by atoms with Crippen molar-refractivity contribution in [3.8, 4) is 33.2 Å². The van der Waals surface area contributed by atoms with Crippen LogP contribution in [0.5, 0.6) is 0 Å². The Morgan fingerprint density at radius 3 is 2.81 bits per heavy atom. The SMILES string of the molecule is Cc1ccc(-c2ccnc3nc(-c4n[nH]c5cnc(-c6cncc(NC(=O)CN(C)C)c6)cc45)[nH]c23)s1. The lowest BCUT2D eigenvalue weighted by Gasteiger charge is -2.10. The molecular weight excluding hydrogens is 486 g/mol. The summed E-state index contributed by atoms with van der Waals surface area (Å²) in [6.45, 7) is 2.38. The first-order chi connectivity index (χ1) is 17.9. The number of rotatable bonds is 6. The second kappa shape index (κ2) is 9.19. The second-order valence-corrected chi connectivity index (χ2v) is 10.3. The van der Waals surface area contributed by atoms with Crippen LogP contribution in [0.4, 0.5) is 5.69 Å². The predicted octanol–water partition coefficient (Wildman–Crippen LogP) is 4.50. The number of nitrogens with zero attached hydrogens (tertiary/aromatic N) is 6. The quantitative estimate of drug-likeness (QED) is 0.302. The van der Waals surface area contributed by atoms with Gasteiger partial charge in [0, 0.05) is 38.7 Å². The van der Waals surface area contributed by atoms with E-state index < -0.39 is 0 Å². The van der Waals surface area contributed by atoms with Crippen LogP contribution < -0.4 is 5.32 Å². The average Bonchev–Trinajstić information content (AvgIpc) is 3.60. The van der Waals surface area contributed by atoms with E-state index in [0.717, 1.165) is 32.4 Å². The Hall–Kier alpha value is -4.48. The maximum absolute atomic E-state index is 12.2. The molecule has 3 N–H and O–H groups in total. The van der Waals surface area contributed by atoms with Crippen molar-refractivity contribution in [1.29, 1.82) is 0 Å². The van der Waals surface area contributed by atoms with E-state index in [4.69, 9.17) is 4.98 Å². The number of carbonyl (C=O) groups is 1. The lowest BCUT2D eigenvalue weighted by atomic mass is 10.1. The lowest BCUT2D eigenvalue weighted by molar-refractivity contribution is -0.116. The third-order valence-electron chi connectivity index (χ3n) is 5.85. The van der Waals surface area contributed by atoms with Crippen molar-refractivity contribution in [2.45, 2.75) is 6.92 Å². The zero-order valence-electron chi connectivity index (χ0n) is 20.4. The van der Waals surface area contributed by atoms with Gasteiger partial charge in [-0.1, -0.05) is 0 Å². The van der Waals surface area contributed by atoms with E-state index in [0.29, 0.717) is 28.5 Å². The molecule has 184 valence electrons. The molecule has 11 heteroatoms. The fraction of sp³-hybridized carbons (Fsp3) is 0.154. The number of pyridine rings is 3. The normalized spacial score (nSPS) is 11.6. The molecule has 6 aromatic heterocycles. The van der Waals surface area contributed by atoms with Gasteiger partial charge in [-0.15, -0.1) is 11.3 Å². The highest BCUT2D eigenvalue weighted by Crippen LogP contribution is 2.34. The zero-order valence-corrected chi connectivity index (χ0v) is 21.2. The van der Waals surface area contributed by atoms with Crippen LogP contribution in [0.1, 0.15) is 4.88 Å². The number of nitrogens with one attached hydrogen (secondary N) is 3. The van der Waals surface area contributed by atoms with E-state index in [2.05, 4.69) is 54.5 Å². The molecule has 0 spiro atoms. The predicted molar refractivity (Wildman–Crippen MR) is 145 cm³/mol. The molecule has 6 rings (SSSR count). The Bertz CT molecular complexity index is 1760. The lowest BCUT2D eigenvalue weighted by Crippen LogP contribution is -2.27. The van der Waals surface area contributed by atoms with Gasteiger partial charge in [0.05, 0.1) is 41.4 Å². The third kappa shape index (κ3) is 4.46. The van der Waals surface area contributed by atoms with E-state index in [-0.39, 0.29) is 12.5 Å². The van der Waals surface area contributed by atoms with Gasteiger partial charge in [-0.3, -0.25) is 19.9 Å². The number of likely N-dealkylation sites (N-methyl/N-ethyl adjacent to an activating group) is 1. The maximum Gasteiger partial charge on any atom is 0.238 e. The molecular formula is C26H23N9OS. The van der Waals surface area contributed by atoms with E-state index in [1.54, 1.807) is 41.0 Å². The van der Waals surface area contributed by atoms with Crippen molar-refractivity contribution >= 4 is 45.0 Å². The van der Waals surface area contributed by atoms with Crippen molar-refractivity contribution in [2.75, 3.05) is 26.0 Å². The summed E-state index contributed by atoms with van der Waals surface area (Å²) in [5.41, 5.74) is 6.11. The molecule has 0 bridgehead atoms. The van der Waals surface area contributed by atoms with Crippen LogP contribution in [-0.2, 0) is 4.79 Å². The number of hydrogen-bond acceptors (Lipinski definition) is 8. The number of carbonyl (C=O) groups excluding carboxylic acids is 1. The molecule has 6 aromatic rings. The number of imidazole rings is 1. The third-order valence-corrected chi connectivity index (χ3v) is 6.88. The van der Waals surface area contributed by atoms with Gasteiger partial charge in [0.15, 0.2) is 11.5 Å². The molecule has 0 aliphatic rings. The first kappa shape index (κ1) is 23.0. The second-order valence-electron chi connectivity index (χ2n) is 8.99. The van der Waals surface area contributed by atoms with Crippen molar-refractivity contribution in [3.63, 3.8) is 0 Å². The summed E-state index contributed by atoms with van der Waals surface area (Å²) < 4.78 is 0. The summed E-state index contributed by atoms with van der Waals surface area (Å²) in [6.07, 6.45) is 6.85. The van der Waals surface area contributed by atoms with Crippen molar-refractivity contribution in [2.24, 2.45) is 0 Å². The number of aryl methyl sites for hydroxylation is 1. The first-order valence-electron chi connectivity index (χ1n) is 11.6. The van der Waals surface area contributed by atoms with Gasteiger partial charge in [0.25, 0.3) is 0 Å². The summed E-state index contributed by atoms with van der Waals surface area (Å²) in [7, 11) is 3.69.